The molecule has 1 aromatic carbocycles. The van der Waals surface area contributed by atoms with Gasteiger partial charge in [0.2, 0.25) is 11.8 Å². The smallest absolute Gasteiger partial charge is 0.255 e. The highest BCUT2D eigenvalue weighted by molar-refractivity contribution is 6.05. The van der Waals surface area contributed by atoms with Crippen LogP contribution in [0, 0.1) is 11.6 Å². The molecule has 0 spiro atoms. The molecule has 0 aromatic heterocycles. The van der Waals surface area contributed by atoms with Crippen molar-refractivity contribution in [3.05, 3.63) is 29.3 Å². The van der Waals surface area contributed by atoms with Gasteiger partial charge in [-0.25, -0.2) is 8.78 Å². The number of carbonyl (C=O) groups excluding carboxylic acids is 3. The molecular formula is C13H13F2N3O3. The third kappa shape index (κ3) is 3.15. The minimum atomic E-state index is -0.909. The van der Waals surface area contributed by atoms with Gasteiger partial charge in [0.1, 0.15) is 30.4 Å². The molecule has 2 N–H and O–H groups in total. The van der Waals surface area contributed by atoms with Gasteiger partial charge < -0.3 is 10.2 Å². The highest BCUT2D eigenvalue weighted by Crippen LogP contribution is 2.21. The van der Waals surface area contributed by atoms with E-state index in [9.17, 15) is 23.2 Å². The number of carbonyl (C=O) groups is 3. The lowest BCUT2D eigenvalue weighted by Gasteiger charge is -2.25. The van der Waals surface area contributed by atoms with Crippen LogP contribution in [-0.4, -0.2) is 42.3 Å². The van der Waals surface area contributed by atoms with E-state index in [1.807, 2.05) is 5.32 Å². The number of anilines is 1. The van der Waals surface area contributed by atoms with Gasteiger partial charge in [-0.05, 0) is 19.1 Å². The fourth-order valence-electron chi connectivity index (χ4n) is 2.01. The predicted octanol–water partition coefficient (Wildman–Crippen LogP) is 0.495. The molecule has 1 fully saturated rings. The van der Waals surface area contributed by atoms with Gasteiger partial charge in [-0.3, -0.25) is 19.7 Å². The summed E-state index contributed by atoms with van der Waals surface area (Å²) in [6, 6.07) is 1.75. The van der Waals surface area contributed by atoms with Gasteiger partial charge in [-0.2, -0.15) is 0 Å². The molecule has 1 aliphatic heterocycles. The highest BCUT2D eigenvalue weighted by Gasteiger charge is 2.28. The fourth-order valence-corrected chi connectivity index (χ4v) is 2.01. The molecule has 1 heterocycles. The molecule has 3 amide bonds. The molecule has 2 rings (SSSR count). The summed E-state index contributed by atoms with van der Waals surface area (Å²) in [5.41, 5.74) is -0.573. The van der Waals surface area contributed by atoms with Crippen LogP contribution in [0.3, 0.4) is 0 Å². The molecule has 6 nitrogen and oxygen atoms in total. The summed E-state index contributed by atoms with van der Waals surface area (Å²) in [4.78, 5) is 35.5. The van der Waals surface area contributed by atoms with Crippen LogP contribution < -0.4 is 10.6 Å². The predicted molar refractivity (Wildman–Crippen MR) is 69.6 cm³/mol. The number of nitrogens with zero attached hydrogens (tertiary/aromatic N) is 1. The average molecular weight is 297 g/mol. The molecule has 0 bridgehead atoms. The van der Waals surface area contributed by atoms with E-state index in [-0.39, 0.29) is 24.3 Å². The van der Waals surface area contributed by atoms with Gasteiger partial charge in [-0.1, -0.05) is 0 Å². The zero-order valence-corrected chi connectivity index (χ0v) is 11.2. The minimum absolute atomic E-state index is 0.255. The van der Waals surface area contributed by atoms with Crippen molar-refractivity contribution in [1.29, 1.82) is 0 Å². The zero-order valence-electron chi connectivity index (χ0n) is 11.2. The minimum Gasteiger partial charge on any atom is -0.381 e. The first-order valence-corrected chi connectivity index (χ1v) is 6.27. The summed E-state index contributed by atoms with van der Waals surface area (Å²) in [6.07, 6.45) is 0. The van der Waals surface area contributed by atoms with E-state index in [4.69, 9.17) is 0 Å². The highest BCUT2D eigenvalue weighted by atomic mass is 19.1. The van der Waals surface area contributed by atoms with Crippen molar-refractivity contribution in [2.24, 2.45) is 0 Å². The molecule has 0 aliphatic carbocycles. The summed E-state index contributed by atoms with van der Waals surface area (Å²) < 4.78 is 27.5. The zero-order chi connectivity index (χ0) is 15.6. The van der Waals surface area contributed by atoms with Crippen LogP contribution in [0.15, 0.2) is 12.1 Å². The molecule has 21 heavy (non-hydrogen) atoms. The van der Waals surface area contributed by atoms with Crippen LogP contribution in [0.1, 0.15) is 17.3 Å². The van der Waals surface area contributed by atoms with Crippen molar-refractivity contribution >= 4 is 23.4 Å². The summed E-state index contributed by atoms with van der Waals surface area (Å²) in [7, 11) is 0. The number of nitrogens with one attached hydrogen (secondary N) is 2. The van der Waals surface area contributed by atoms with Gasteiger partial charge in [0.25, 0.3) is 5.91 Å². The van der Waals surface area contributed by atoms with E-state index in [1.165, 1.54) is 0 Å². The maximum Gasteiger partial charge on any atom is 0.255 e. The second-order valence-electron chi connectivity index (χ2n) is 4.48. The van der Waals surface area contributed by atoms with E-state index in [0.717, 1.165) is 17.0 Å². The topological polar surface area (TPSA) is 78.5 Å². The van der Waals surface area contributed by atoms with Crippen LogP contribution in [0.4, 0.5) is 14.5 Å². The molecule has 1 aromatic rings. The quantitative estimate of drug-likeness (QED) is 0.796. The van der Waals surface area contributed by atoms with Crippen LogP contribution in [-0.2, 0) is 9.59 Å². The van der Waals surface area contributed by atoms with E-state index >= 15 is 0 Å². The number of rotatable bonds is 3. The Morgan fingerprint density at radius 3 is 2.24 bits per heavy atom. The lowest BCUT2D eigenvalue weighted by molar-refractivity contribution is -0.135. The molecule has 0 atom stereocenters. The molecule has 112 valence electrons. The van der Waals surface area contributed by atoms with Crippen LogP contribution in [0.25, 0.3) is 0 Å². The Hall–Kier alpha value is -2.51. The fraction of sp³-hybridized carbons (Fsp3) is 0.308. The van der Waals surface area contributed by atoms with Gasteiger partial charge >= 0.3 is 0 Å². The Labute approximate surface area is 119 Å². The molecule has 0 radical (unpaired) electrons. The van der Waals surface area contributed by atoms with Gasteiger partial charge in [0.05, 0.1) is 0 Å². The standard InChI is InChI=1S/C13H13F2N3O3/c1-2-16-12-8(14)3-7(4-9(12)15)13(21)18-5-10(19)17-11(20)6-18/h3-4,16H,2,5-6H2,1H3,(H,17,19,20). The normalized spacial score (nSPS) is 14.9. The van der Waals surface area contributed by atoms with Crippen molar-refractivity contribution in [3.63, 3.8) is 0 Å². The Balaban J connectivity index is 2.27. The first kappa shape index (κ1) is 14.9. The molecular weight excluding hydrogens is 284 g/mol. The summed E-state index contributed by atoms with van der Waals surface area (Å²) in [5, 5.41) is 4.55. The van der Waals surface area contributed by atoms with E-state index in [0.29, 0.717) is 6.54 Å². The number of benzene rings is 1. The number of imide groups is 1. The lowest BCUT2D eigenvalue weighted by atomic mass is 10.1. The number of halogens is 2. The van der Waals surface area contributed by atoms with Crippen molar-refractivity contribution in [1.82, 2.24) is 10.2 Å². The number of hydrogen-bond donors (Lipinski definition) is 2. The second kappa shape index (κ2) is 5.86. The first-order valence-electron chi connectivity index (χ1n) is 6.27. The molecule has 8 heteroatoms. The van der Waals surface area contributed by atoms with Gasteiger partial charge in [0.15, 0.2) is 0 Å². The summed E-state index contributed by atoms with van der Waals surface area (Å²) >= 11 is 0. The third-order valence-electron chi connectivity index (χ3n) is 2.88. The molecule has 0 saturated carbocycles. The van der Waals surface area contributed by atoms with Crippen LogP contribution >= 0.6 is 0 Å². The van der Waals surface area contributed by atoms with Crippen LogP contribution in [0.2, 0.25) is 0 Å². The Morgan fingerprint density at radius 2 is 1.76 bits per heavy atom. The van der Waals surface area contributed by atoms with Crippen molar-refractivity contribution in [3.8, 4) is 0 Å². The van der Waals surface area contributed by atoms with Crippen molar-refractivity contribution in [2.45, 2.75) is 6.92 Å². The largest absolute Gasteiger partial charge is 0.381 e. The van der Waals surface area contributed by atoms with Gasteiger partial charge in [0, 0.05) is 12.1 Å². The first-order chi connectivity index (χ1) is 9.92. The SMILES string of the molecule is CCNc1c(F)cc(C(=O)N2CC(=O)NC(=O)C2)cc1F. The van der Waals surface area contributed by atoms with Gasteiger partial charge in [-0.15, -0.1) is 0 Å². The Bertz CT molecular complexity index is 580. The number of hydrogen-bond acceptors (Lipinski definition) is 4. The Morgan fingerprint density at radius 1 is 1.24 bits per heavy atom. The lowest BCUT2D eigenvalue weighted by Crippen LogP contribution is -2.53. The number of piperazine rings is 1. The maximum absolute atomic E-state index is 13.8. The maximum atomic E-state index is 13.8. The van der Waals surface area contributed by atoms with E-state index < -0.39 is 29.4 Å². The van der Waals surface area contributed by atoms with Crippen LogP contribution in [0.5, 0.6) is 0 Å². The average Bonchev–Trinajstić information content (AvgIpc) is 2.40. The van der Waals surface area contributed by atoms with Crippen molar-refractivity contribution in [2.75, 3.05) is 25.0 Å². The number of amides is 3. The van der Waals surface area contributed by atoms with E-state index in [1.54, 1.807) is 6.92 Å². The third-order valence-corrected chi connectivity index (χ3v) is 2.88. The monoisotopic (exact) mass is 297 g/mol. The van der Waals surface area contributed by atoms with Crippen molar-refractivity contribution < 1.29 is 23.2 Å². The summed E-state index contributed by atoms with van der Waals surface area (Å²) in [5.74, 6) is -3.87. The summed E-state index contributed by atoms with van der Waals surface area (Å²) in [6.45, 7) is 1.34. The Kier molecular flexibility index (Phi) is 4.15. The second-order valence-corrected chi connectivity index (χ2v) is 4.48. The molecule has 1 saturated heterocycles. The molecule has 1 aliphatic rings. The van der Waals surface area contributed by atoms with E-state index in [2.05, 4.69) is 5.32 Å². The molecule has 0 unspecified atom stereocenters.